The van der Waals surface area contributed by atoms with E-state index in [0.29, 0.717) is 21.3 Å². The van der Waals surface area contributed by atoms with Gasteiger partial charge in [-0.05, 0) is 31.5 Å². The molecule has 148 valence electrons. The van der Waals surface area contributed by atoms with Crippen LogP contribution in [0.2, 0.25) is 0 Å². The van der Waals surface area contributed by atoms with Gasteiger partial charge in [0.1, 0.15) is 0 Å². The van der Waals surface area contributed by atoms with Gasteiger partial charge in [-0.15, -0.1) is 0 Å². The minimum Gasteiger partial charge on any atom is -0.308 e. The number of thiocarbonyl (C=S) groups is 1. The summed E-state index contributed by atoms with van der Waals surface area (Å²) in [7, 11) is 0. The second-order valence-electron chi connectivity index (χ2n) is 7.23. The molecule has 0 spiro atoms. The molecule has 2 aliphatic heterocycles. The Balaban J connectivity index is 1.74. The molecule has 6 heteroatoms. The predicted octanol–water partition coefficient (Wildman–Crippen LogP) is 5.31. The van der Waals surface area contributed by atoms with Crippen LogP contribution in [0, 0.1) is 6.92 Å². The molecule has 0 atom stereocenters. The van der Waals surface area contributed by atoms with Crippen molar-refractivity contribution in [1.29, 1.82) is 0 Å². The third-order valence-corrected chi connectivity index (χ3v) is 6.57. The Morgan fingerprint density at radius 1 is 0.966 bits per heavy atom. The van der Waals surface area contributed by atoms with Crippen LogP contribution in [0.5, 0.6) is 0 Å². The molecule has 29 heavy (non-hydrogen) atoms. The van der Waals surface area contributed by atoms with Crippen molar-refractivity contribution >= 4 is 57.1 Å². The van der Waals surface area contributed by atoms with E-state index in [4.69, 9.17) is 12.2 Å². The molecule has 0 saturated carbocycles. The van der Waals surface area contributed by atoms with E-state index in [1.807, 2.05) is 55.5 Å². The monoisotopic (exact) mass is 422 g/mol. The number of unbranched alkanes of at least 4 members (excludes halogenated alkanes) is 2. The zero-order chi connectivity index (χ0) is 20.5. The highest BCUT2D eigenvalue weighted by atomic mass is 32.2. The van der Waals surface area contributed by atoms with Gasteiger partial charge in [0.25, 0.3) is 11.8 Å². The Kier molecular flexibility index (Phi) is 5.56. The van der Waals surface area contributed by atoms with E-state index in [9.17, 15) is 9.59 Å². The Bertz CT molecular complexity index is 1030. The number of hydrogen-bond acceptors (Lipinski definition) is 4. The Labute approximate surface area is 180 Å². The van der Waals surface area contributed by atoms with Crippen molar-refractivity contribution in [2.75, 3.05) is 16.3 Å². The van der Waals surface area contributed by atoms with E-state index in [1.54, 1.807) is 4.90 Å². The van der Waals surface area contributed by atoms with Gasteiger partial charge in [0, 0.05) is 12.1 Å². The molecule has 4 rings (SSSR count). The lowest BCUT2D eigenvalue weighted by Gasteiger charge is -2.16. The molecule has 0 unspecified atom stereocenters. The summed E-state index contributed by atoms with van der Waals surface area (Å²) < 4.78 is 0.455. The van der Waals surface area contributed by atoms with Crippen LogP contribution in [-0.2, 0) is 9.59 Å². The van der Waals surface area contributed by atoms with Crippen LogP contribution >= 0.6 is 24.0 Å². The van der Waals surface area contributed by atoms with Crippen molar-refractivity contribution in [3.8, 4) is 0 Å². The summed E-state index contributed by atoms with van der Waals surface area (Å²) in [4.78, 5) is 30.4. The second kappa shape index (κ2) is 8.13. The van der Waals surface area contributed by atoms with Crippen LogP contribution in [0.3, 0.4) is 0 Å². The van der Waals surface area contributed by atoms with Gasteiger partial charge in [0.2, 0.25) is 0 Å². The lowest BCUT2D eigenvalue weighted by atomic mass is 10.1. The van der Waals surface area contributed by atoms with Crippen LogP contribution < -0.4 is 9.80 Å². The third-order valence-electron chi connectivity index (χ3n) is 5.20. The first-order chi connectivity index (χ1) is 14.0. The molecule has 0 aliphatic carbocycles. The summed E-state index contributed by atoms with van der Waals surface area (Å²) in [6.45, 7) is 4.80. The smallest absolute Gasteiger partial charge is 0.271 e. The summed E-state index contributed by atoms with van der Waals surface area (Å²) in [5, 5.41) is 0. The standard InChI is InChI=1S/C23H22N2O2S2/c1-3-4-7-14-24-18-9-6-5-8-17(18)19(21(24)26)20-22(27)25(23(28)29-20)16-12-10-15(2)11-13-16/h5-6,8-13H,3-4,7,14H2,1-2H3/b20-19-. The van der Waals surface area contributed by atoms with E-state index in [2.05, 4.69) is 6.92 Å². The summed E-state index contributed by atoms with van der Waals surface area (Å²) in [5.74, 6) is -0.330. The Hall–Kier alpha value is -2.44. The molecular formula is C23H22N2O2S2. The number of aryl methyl sites for hydroxylation is 1. The van der Waals surface area contributed by atoms with Crippen LogP contribution in [0.4, 0.5) is 11.4 Å². The highest BCUT2D eigenvalue weighted by molar-refractivity contribution is 8.27. The summed E-state index contributed by atoms with van der Waals surface area (Å²) in [6, 6.07) is 15.4. The number of para-hydroxylation sites is 1. The fraction of sp³-hybridized carbons (Fsp3) is 0.261. The zero-order valence-electron chi connectivity index (χ0n) is 16.5. The molecule has 4 nitrogen and oxygen atoms in total. The second-order valence-corrected chi connectivity index (χ2v) is 8.87. The minimum atomic E-state index is -0.225. The van der Waals surface area contributed by atoms with E-state index in [0.717, 1.165) is 41.8 Å². The molecule has 2 heterocycles. The number of carbonyl (C=O) groups is 2. The number of carbonyl (C=O) groups excluding carboxylic acids is 2. The molecule has 0 radical (unpaired) electrons. The predicted molar refractivity (Wildman–Crippen MR) is 124 cm³/mol. The molecular weight excluding hydrogens is 400 g/mol. The molecule has 2 aromatic carbocycles. The average molecular weight is 423 g/mol. The maximum absolute atomic E-state index is 13.3. The maximum Gasteiger partial charge on any atom is 0.271 e. The molecule has 0 bridgehead atoms. The van der Waals surface area contributed by atoms with Crippen LogP contribution in [0.15, 0.2) is 53.4 Å². The molecule has 1 fully saturated rings. The molecule has 2 aliphatic rings. The van der Waals surface area contributed by atoms with Crippen molar-refractivity contribution in [2.45, 2.75) is 33.1 Å². The van der Waals surface area contributed by atoms with E-state index < -0.39 is 0 Å². The van der Waals surface area contributed by atoms with Crippen molar-refractivity contribution in [1.82, 2.24) is 0 Å². The van der Waals surface area contributed by atoms with Gasteiger partial charge in [0.05, 0.1) is 21.9 Å². The van der Waals surface area contributed by atoms with Gasteiger partial charge in [-0.25, -0.2) is 0 Å². The van der Waals surface area contributed by atoms with Crippen molar-refractivity contribution in [3.63, 3.8) is 0 Å². The SMILES string of the molecule is CCCCCN1C(=O)/C(=C2\SC(=S)N(c3ccc(C)cc3)C2=O)c2ccccc21. The fourth-order valence-electron chi connectivity index (χ4n) is 3.68. The maximum atomic E-state index is 13.3. The van der Waals surface area contributed by atoms with Gasteiger partial charge in [-0.2, -0.15) is 0 Å². The van der Waals surface area contributed by atoms with Crippen LogP contribution in [-0.4, -0.2) is 22.7 Å². The molecule has 1 saturated heterocycles. The number of benzene rings is 2. The van der Waals surface area contributed by atoms with Gasteiger partial charge < -0.3 is 4.90 Å². The Morgan fingerprint density at radius 3 is 2.41 bits per heavy atom. The van der Waals surface area contributed by atoms with Gasteiger partial charge >= 0.3 is 0 Å². The molecule has 0 N–H and O–H groups in total. The number of fused-ring (bicyclic) bond motifs is 1. The molecule has 0 aromatic heterocycles. The highest BCUT2D eigenvalue weighted by Crippen LogP contribution is 2.45. The summed E-state index contributed by atoms with van der Waals surface area (Å²) >= 11 is 6.72. The average Bonchev–Trinajstić information content (AvgIpc) is 3.16. The lowest BCUT2D eigenvalue weighted by Crippen LogP contribution is -2.29. The fourth-order valence-corrected chi connectivity index (χ4v) is 5.05. The van der Waals surface area contributed by atoms with E-state index in [1.165, 1.54) is 16.7 Å². The van der Waals surface area contributed by atoms with Gasteiger partial charge in [-0.1, -0.05) is 79.6 Å². The van der Waals surface area contributed by atoms with Crippen molar-refractivity contribution in [2.24, 2.45) is 0 Å². The Morgan fingerprint density at radius 2 is 1.69 bits per heavy atom. The van der Waals surface area contributed by atoms with Crippen LogP contribution in [0.25, 0.3) is 5.57 Å². The largest absolute Gasteiger partial charge is 0.308 e. The third kappa shape index (κ3) is 3.51. The van der Waals surface area contributed by atoms with Gasteiger partial charge in [0.15, 0.2) is 4.32 Å². The first kappa shape index (κ1) is 19.9. The first-order valence-electron chi connectivity index (χ1n) is 9.81. The number of hydrogen-bond donors (Lipinski definition) is 0. The number of nitrogens with zero attached hydrogens (tertiary/aromatic N) is 2. The van der Waals surface area contributed by atoms with Crippen molar-refractivity contribution in [3.05, 3.63) is 64.6 Å². The van der Waals surface area contributed by atoms with Crippen LogP contribution in [0.1, 0.15) is 37.3 Å². The molecule has 2 amide bonds. The first-order valence-corrected chi connectivity index (χ1v) is 11.0. The summed E-state index contributed by atoms with van der Waals surface area (Å²) in [5.41, 5.74) is 4.01. The minimum absolute atomic E-state index is 0.105. The zero-order valence-corrected chi connectivity index (χ0v) is 18.1. The highest BCUT2D eigenvalue weighted by Gasteiger charge is 2.42. The number of amides is 2. The quantitative estimate of drug-likeness (QED) is 0.372. The van der Waals surface area contributed by atoms with E-state index >= 15 is 0 Å². The molecule has 2 aromatic rings. The normalized spacial score (nSPS) is 18.8. The summed E-state index contributed by atoms with van der Waals surface area (Å²) in [6.07, 6.45) is 3.09. The number of thioether (sulfide) groups is 1. The number of anilines is 2. The van der Waals surface area contributed by atoms with Gasteiger partial charge in [-0.3, -0.25) is 14.5 Å². The van der Waals surface area contributed by atoms with Crippen molar-refractivity contribution < 1.29 is 9.59 Å². The lowest BCUT2D eigenvalue weighted by molar-refractivity contribution is -0.115. The number of rotatable bonds is 5. The van der Waals surface area contributed by atoms with E-state index in [-0.39, 0.29) is 11.8 Å². The topological polar surface area (TPSA) is 40.6 Å².